The molecule has 0 aliphatic carbocycles. The van der Waals surface area contributed by atoms with Gasteiger partial charge in [-0.25, -0.2) is 8.42 Å². The van der Waals surface area contributed by atoms with Gasteiger partial charge < -0.3 is 10.5 Å². The number of carbonyl (C=O) groups is 1. The Bertz CT molecular complexity index is 921. The summed E-state index contributed by atoms with van der Waals surface area (Å²) in [5.41, 5.74) is 5.58. The summed E-state index contributed by atoms with van der Waals surface area (Å²) < 4.78 is 31.5. The van der Waals surface area contributed by atoms with Gasteiger partial charge in [-0.1, -0.05) is 17.7 Å². The van der Waals surface area contributed by atoms with Gasteiger partial charge >= 0.3 is 0 Å². The molecular formula is C16H14ClN3O4S. The molecule has 0 fully saturated rings. The topological polar surface area (TPSA) is 122 Å². The molecule has 0 aromatic heterocycles. The molecule has 2 aromatic rings. The van der Waals surface area contributed by atoms with Crippen LogP contribution in [0.1, 0.15) is 5.56 Å². The van der Waals surface area contributed by atoms with E-state index in [1.54, 1.807) is 18.2 Å². The number of carbonyl (C=O) groups excluding carboxylic acids is 1. The zero-order chi connectivity index (χ0) is 18.4. The third-order valence-electron chi connectivity index (χ3n) is 3.02. The first kappa shape index (κ1) is 18.7. The Labute approximate surface area is 150 Å². The summed E-state index contributed by atoms with van der Waals surface area (Å²) in [5.74, 6) is -0.593. The number of nitrogens with zero attached hydrogens (tertiary/aromatic N) is 1. The molecule has 7 nitrogen and oxygen atoms in total. The van der Waals surface area contributed by atoms with Crippen LogP contribution in [0.4, 0.5) is 5.69 Å². The van der Waals surface area contributed by atoms with Crippen molar-refractivity contribution in [1.82, 2.24) is 0 Å². The Kier molecular flexibility index (Phi) is 5.98. The second-order valence-corrected chi connectivity index (χ2v) is 7.08. The number of ketones is 1. The second kappa shape index (κ2) is 7.98. The largest absolute Gasteiger partial charge is 0.456 e. The normalized spacial score (nSPS) is 10.8. The molecule has 0 bridgehead atoms. The quantitative estimate of drug-likeness (QED) is 0.760. The lowest BCUT2D eigenvalue weighted by Gasteiger charge is -2.10. The van der Waals surface area contributed by atoms with Crippen molar-refractivity contribution in [2.75, 3.05) is 17.0 Å². The summed E-state index contributed by atoms with van der Waals surface area (Å²) in [7, 11) is -3.81. The molecule has 0 spiro atoms. The fourth-order valence-corrected chi connectivity index (χ4v) is 3.22. The summed E-state index contributed by atoms with van der Waals surface area (Å²) in [6.07, 6.45) is 0. The Morgan fingerprint density at radius 2 is 1.92 bits per heavy atom. The zero-order valence-electron chi connectivity index (χ0n) is 12.9. The first-order valence-electron chi connectivity index (χ1n) is 7.03. The lowest BCUT2D eigenvalue weighted by Crippen LogP contribution is -2.27. The summed E-state index contributed by atoms with van der Waals surface area (Å²) in [4.78, 5) is 11.2. The van der Waals surface area contributed by atoms with Crippen molar-refractivity contribution >= 4 is 33.1 Å². The fraction of sp³-hybridized carbons (Fsp3) is 0.125. The number of anilines is 1. The van der Waals surface area contributed by atoms with Crippen LogP contribution in [0.15, 0.2) is 42.5 Å². The van der Waals surface area contributed by atoms with E-state index in [9.17, 15) is 13.2 Å². The van der Waals surface area contributed by atoms with E-state index in [1.807, 2.05) is 6.07 Å². The number of hydrogen-bond acceptors (Lipinski definition) is 6. The van der Waals surface area contributed by atoms with E-state index in [2.05, 4.69) is 4.72 Å². The highest BCUT2D eigenvalue weighted by Gasteiger charge is 2.15. The number of hydrogen-bond donors (Lipinski definition) is 2. The minimum absolute atomic E-state index is 0.203. The van der Waals surface area contributed by atoms with Crippen LogP contribution in [0.25, 0.3) is 0 Å². The van der Waals surface area contributed by atoms with Crippen LogP contribution in [-0.4, -0.2) is 26.5 Å². The van der Waals surface area contributed by atoms with E-state index in [-0.39, 0.29) is 28.6 Å². The van der Waals surface area contributed by atoms with Crippen LogP contribution in [0.5, 0.6) is 11.5 Å². The molecule has 25 heavy (non-hydrogen) atoms. The molecule has 2 aromatic carbocycles. The molecular weight excluding hydrogens is 366 g/mol. The van der Waals surface area contributed by atoms with Gasteiger partial charge in [0, 0.05) is 5.69 Å². The maximum absolute atomic E-state index is 11.8. The van der Waals surface area contributed by atoms with Crippen LogP contribution in [0.2, 0.25) is 5.02 Å². The summed E-state index contributed by atoms with van der Waals surface area (Å²) in [5, 5.41) is 9.39. The van der Waals surface area contributed by atoms with Gasteiger partial charge in [0.15, 0.2) is 5.78 Å². The van der Waals surface area contributed by atoms with Crippen LogP contribution in [0, 0.1) is 11.3 Å². The van der Waals surface area contributed by atoms with Gasteiger partial charge in [0.05, 0.1) is 11.6 Å². The van der Waals surface area contributed by atoms with Crippen molar-refractivity contribution < 1.29 is 17.9 Å². The molecule has 0 saturated heterocycles. The molecule has 0 aliphatic heterocycles. The van der Waals surface area contributed by atoms with Crippen molar-refractivity contribution in [3.05, 3.63) is 53.1 Å². The number of Topliss-reactive ketones (excluding diaryl/α,β-unsaturated/α-hetero) is 1. The van der Waals surface area contributed by atoms with E-state index in [0.29, 0.717) is 5.75 Å². The van der Waals surface area contributed by atoms with E-state index >= 15 is 0 Å². The molecule has 0 atom stereocenters. The minimum atomic E-state index is -3.81. The van der Waals surface area contributed by atoms with Crippen molar-refractivity contribution in [2.24, 2.45) is 5.73 Å². The number of ether oxygens (including phenoxy) is 1. The predicted molar refractivity (Wildman–Crippen MR) is 94.2 cm³/mol. The van der Waals surface area contributed by atoms with Crippen molar-refractivity contribution in [3.63, 3.8) is 0 Å². The highest BCUT2D eigenvalue weighted by Crippen LogP contribution is 2.30. The standard InChI is InChI=1S/C16H14ClN3O4S/c17-15-2-1-3-16(14(15)9-19)24-13-6-4-11(5-7-13)20-25(22,23)10-12(21)8-18/h1-7,20H,8,10,18H2. The molecule has 0 saturated carbocycles. The predicted octanol–water partition coefficient (Wildman–Crippen LogP) is 2.27. The number of benzene rings is 2. The number of sulfonamides is 1. The van der Waals surface area contributed by atoms with Crippen LogP contribution in [-0.2, 0) is 14.8 Å². The van der Waals surface area contributed by atoms with Crippen LogP contribution < -0.4 is 15.2 Å². The fourth-order valence-electron chi connectivity index (χ4n) is 1.90. The highest BCUT2D eigenvalue weighted by atomic mass is 35.5. The monoisotopic (exact) mass is 379 g/mol. The van der Waals surface area contributed by atoms with Crippen LogP contribution in [0.3, 0.4) is 0 Å². The number of nitrogens with one attached hydrogen (secondary N) is 1. The van der Waals surface area contributed by atoms with Gasteiger partial charge in [-0.3, -0.25) is 9.52 Å². The van der Waals surface area contributed by atoms with Gasteiger partial charge in [-0.05, 0) is 36.4 Å². The molecule has 0 radical (unpaired) electrons. The smallest absolute Gasteiger partial charge is 0.239 e. The SMILES string of the molecule is N#Cc1c(Cl)cccc1Oc1ccc(NS(=O)(=O)CC(=O)CN)cc1. The summed E-state index contributed by atoms with van der Waals surface area (Å²) >= 11 is 5.93. The van der Waals surface area contributed by atoms with Crippen molar-refractivity contribution in [2.45, 2.75) is 0 Å². The first-order chi connectivity index (χ1) is 11.8. The molecule has 0 amide bonds. The molecule has 0 unspecified atom stereocenters. The Balaban J connectivity index is 2.12. The molecule has 0 aliphatic rings. The maximum atomic E-state index is 11.8. The molecule has 2 rings (SSSR count). The van der Waals surface area contributed by atoms with E-state index in [4.69, 9.17) is 27.3 Å². The zero-order valence-corrected chi connectivity index (χ0v) is 14.5. The summed E-state index contributed by atoms with van der Waals surface area (Å²) in [6, 6.07) is 12.8. The lowest BCUT2D eigenvalue weighted by molar-refractivity contribution is -0.115. The van der Waals surface area contributed by atoms with Gasteiger partial charge in [0.25, 0.3) is 0 Å². The molecule has 0 heterocycles. The van der Waals surface area contributed by atoms with Gasteiger partial charge in [-0.2, -0.15) is 5.26 Å². The van der Waals surface area contributed by atoms with Crippen molar-refractivity contribution in [1.29, 1.82) is 5.26 Å². The van der Waals surface area contributed by atoms with Gasteiger partial charge in [0.1, 0.15) is 28.9 Å². The minimum Gasteiger partial charge on any atom is -0.456 e. The Morgan fingerprint density at radius 3 is 2.52 bits per heavy atom. The number of rotatable bonds is 7. The third kappa shape index (κ3) is 5.19. The maximum Gasteiger partial charge on any atom is 0.239 e. The number of nitrogens with two attached hydrogens (primary N) is 1. The second-order valence-electron chi connectivity index (χ2n) is 4.96. The first-order valence-corrected chi connectivity index (χ1v) is 9.06. The highest BCUT2D eigenvalue weighted by molar-refractivity contribution is 7.93. The van der Waals surface area contributed by atoms with E-state index in [0.717, 1.165) is 0 Å². The Hall–Kier alpha value is -2.60. The average molecular weight is 380 g/mol. The third-order valence-corrected chi connectivity index (χ3v) is 4.59. The van der Waals surface area contributed by atoms with Gasteiger partial charge in [0.2, 0.25) is 10.0 Å². The molecule has 3 N–H and O–H groups in total. The number of halogens is 1. The lowest BCUT2D eigenvalue weighted by atomic mass is 10.2. The van der Waals surface area contributed by atoms with Crippen molar-refractivity contribution in [3.8, 4) is 17.6 Å². The molecule has 130 valence electrons. The Morgan fingerprint density at radius 1 is 1.24 bits per heavy atom. The summed E-state index contributed by atoms with van der Waals surface area (Å²) in [6.45, 7) is -0.339. The number of nitriles is 1. The molecule has 9 heteroatoms. The van der Waals surface area contributed by atoms with E-state index < -0.39 is 21.6 Å². The average Bonchev–Trinajstić information content (AvgIpc) is 2.56. The van der Waals surface area contributed by atoms with Gasteiger partial charge in [-0.15, -0.1) is 0 Å². The van der Waals surface area contributed by atoms with E-state index in [1.165, 1.54) is 24.3 Å². The van der Waals surface area contributed by atoms with Crippen LogP contribution >= 0.6 is 11.6 Å².